The average molecular weight is 295 g/mol. The Kier molecular flexibility index (Phi) is 4.95. The highest BCUT2D eigenvalue weighted by Crippen LogP contribution is 2.38. The Morgan fingerprint density at radius 3 is 2.43 bits per heavy atom. The van der Waals surface area contributed by atoms with E-state index in [2.05, 4.69) is 0 Å². The van der Waals surface area contributed by atoms with E-state index >= 15 is 0 Å². The molecule has 1 N–H and O–H groups in total. The maximum atomic E-state index is 12.7. The predicted octanol–water partition coefficient (Wildman–Crippen LogP) is 3.30. The molecule has 1 heterocycles. The SMILES string of the molecule is CC(C)C(C)(CC(=O)N1CCCC2CCCCC21)C(=O)O. The summed E-state index contributed by atoms with van der Waals surface area (Å²) in [6.07, 6.45) is 7.24. The zero-order chi connectivity index (χ0) is 15.6. The van der Waals surface area contributed by atoms with E-state index < -0.39 is 11.4 Å². The zero-order valence-corrected chi connectivity index (χ0v) is 13.6. The van der Waals surface area contributed by atoms with Crippen molar-refractivity contribution < 1.29 is 14.7 Å². The first-order valence-electron chi connectivity index (χ1n) is 8.39. The second-order valence-corrected chi connectivity index (χ2v) is 7.40. The molecule has 2 rings (SSSR count). The minimum Gasteiger partial charge on any atom is -0.481 e. The molecule has 0 aromatic heterocycles. The Labute approximate surface area is 127 Å². The molecule has 1 aliphatic heterocycles. The minimum atomic E-state index is -0.960. The summed E-state index contributed by atoms with van der Waals surface area (Å²) in [5, 5.41) is 9.51. The van der Waals surface area contributed by atoms with Gasteiger partial charge in [-0.15, -0.1) is 0 Å². The lowest BCUT2D eigenvalue weighted by molar-refractivity contribution is -0.157. The van der Waals surface area contributed by atoms with Crippen LogP contribution in [0.2, 0.25) is 0 Å². The summed E-state index contributed by atoms with van der Waals surface area (Å²) < 4.78 is 0. The third kappa shape index (κ3) is 3.24. The molecule has 0 spiro atoms. The summed E-state index contributed by atoms with van der Waals surface area (Å²) in [7, 11) is 0. The number of carbonyl (C=O) groups excluding carboxylic acids is 1. The van der Waals surface area contributed by atoms with Gasteiger partial charge in [-0.3, -0.25) is 9.59 Å². The second kappa shape index (κ2) is 6.37. The fourth-order valence-corrected chi connectivity index (χ4v) is 3.88. The number of amides is 1. The fourth-order valence-electron chi connectivity index (χ4n) is 3.88. The van der Waals surface area contributed by atoms with Crippen LogP contribution in [0.15, 0.2) is 0 Å². The van der Waals surface area contributed by atoms with Gasteiger partial charge in [0.15, 0.2) is 0 Å². The van der Waals surface area contributed by atoms with Gasteiger partial charge in [0.05, 0.1) is 5.41 Å². The van der Waals surface area contributed by atoms with Gasteiger partial charge in [0.2, 0.25) is 5.91 Å². The molecule has 0 bridgehead atoms. The van der Waals surface area contributed by atoms with Gasteiger partial charge in [-0.1, -0.05) is 26.7 Å². The number of hydrogen-bond donors (Lipinski definition) is 1. The van der Waals surface area contributed by atoms with Crippen LogP contribution in [-0.2, 0) is 9.59 Å². The second-order valence-electron chi connectivity index (χ2n) is 7.40. The molecular formula is C17H29NO3. The van der Waals surface area contributed by atoms with Gasteiger partial charge in [0.1, 0.15) is 0 Å². The van der Waals surface area contributed by atoms with Crippen LogP contribution in [0.5, 0.6) is 0 Å². The molecule has 0 aromatic carbocycles. The number of fused-ring (bicyclic) bond motifs is 1. The summed E-state index contributed by atoms with van der Waals surface area (Å²) in [5.41, 5.74) is -0.960. The lowest BCUT2D eigenvalue weighted by Crippen LogP contribution is -2.51. The van der Waals surface area contributed by atoms with Crippen LogP contribution in [0, 0.1) is 17.3 Å². The summed E-state index contributed by atoms with van der Waals surface area (Å²) in [6, 6.07) is 0.366. The maximum Gasteiger partial charge on any atom is 0.310 e. The van der Waals surface area contributed by atoms with E-state index in [1.165, 1.54) is 25.7 Å². The van der Waals surface area contributed by atoms with Gasteiger partial charge in [-0.2, -0.15) is 0 Å². The lowest BCUT2D eigenvalue weighted by Gasteiger charge is -2.45. The van der Waals surface area contributed by atoms with Crippen LogP contribution in [0.4, 0.5) is 0 Å². The minimum absolute atomic E-state index is 0.0465. The standard InChI is InChI=1S/C17H29NO3/c1-12(2)17(3,16(20)21)11-15(19)18-10-6-8-13-7-4-5-9-14(13)18/h12-14H,4-11H2,1-3H3,(H,20,21). The smallest absolute Gasteiger partial charge is 0.310 e. The number of piperidine rings is 1. The van der Waals surface area contributed by atoms with Crippen molar-refractivity contribution in [2.24, 2.45) is 17.3 Å². The number of nitrogens with zero attached hydrogens (tertiary/aromatic N) is 1. The molecule has 1 saturated carbocycles. The van der Waals surface area contributed by atoms with Gasteiger partial charge in [-0.25, -0.2) is 0 Å². The maximum absolute atomic E-state index is 12.7. The van der Waals surface area contributed by atoms with Crippen LogP contribution < -0.4 is 0 Å². The molecule has 4 heteroatoms. The number of aliphatic carboxylic acids is 1. The Morgan fingerprint density at radius 1 is 1.19 bits per heavy atom. The molecule has 0 radical (unpaired) electrons. The van der Waals surface area contributed by atoms with Gasteiger partial charge < -0.3 is 10.0 Å². The predicted molar refractivity (Wildman–Crippen MR) is 81.9 cm³/mol. The Morgan fingerprint density at radius 2 is 1.81 bits per heavy atom. The highest BCUT2D eigenvalue weighted by atomic mass is 16.4. The third-order valence-electron chi connectivity index (χ3n) is 5.84. The van der Waals surface area contributed by atoms with E-state index in [9.17, 15) is 14.7 Å². The van der Waals surface area contributed by atoms with Crippen molar-refractivity contribution in [2.45, 2.75) is 71.8 Å². The van der Waals surface area contributed by atoms with E-state index in [1.54, 1.807) is 6.92 Å². The molecule has 1 saturated heterocycles. The zero-order valence-electron chi connectivity index (χ0n) is 13.6. The molecule has 0 aromatic rings. The fraction of sp³-hybridized carbons (Fsp3) is 0.882. The van der Waals surface area contributed by atoms with Crippen molar-refractivity contribution in [2.75, 3.05) is 6.54 Å². The summed E-state index contributed by atoms with van der Waals surface area (Å²) in [5.74, 6) is -0.217. The molecule has 4 nitrogen and oxygen atoms in total. The van der Waals surface area contributed by atoms with Gasteiger partial charge >= 0.3 is 5.97 Å². The van der Waals surface area contributed by atoms with Gasteiger partial charge in [0, 0.05) is 19.0 Å². The average Bonchev–Trinajstić information content (AvgIpc) is 2.46. The molecule has 2 aliphatic rings. The quantitative estimate of drug-likeness (QED) is 0.865. The highest BCUT2D eigenvalue weighted by molar-refractivity contribution is 5.85. The van der Waals surface area contributed by atoms with Crippen LogP contribution in [0.3, 0.4) is 0 Å². The van der Waals surface area contributed by atoms with E-state index in [-0.39, 0.29) is 18.2 Å². The summed E-state index contributed by atoms with van der Waals surface area (Å²) >= 11 is 0. The summed E-state index contributed by atoms with van der Waals surface area (Å²) in [6.45, 7) is 6.30. The monoisotopic (exact) mass is 295 g/mol. The largest absolute Gasteiger partial charge is 0.481 e. The first kappa shape index (κ1) is 16.3. The molecule has 2 fully saturated rings. The molecule has 1 amide bonds. The number of hydrogen-bond acceptors (Lipinski definition) is 2. The number of carbonyl (C=O) groups is 2. The van der Waals surface area contributed by atoms with E-state index in [0.29, 0.717) is 12.0 Å². The first-order valence-corrected chi connectivity index (χ1v) is 8.39. The molecule has 21 heavy (non-hydrogen) atoms. The highest BCUT2D eigenvalue weighted by Gasteiger charge is 2.42. The van der Waals surface area contributed by atoms with Crippen molar-refractivity contribution in [3.63, 3.8) is 0 Å². The number of likely N-dealkylation sites (tertiary alicyclic amines) is 1. The summed E-state index contributed by atoms with van der Waals surface area (Å²) in [4.78, 5) is 26.3. The van der Waals surface area contributed by atoms with Crippen molar-refractivity contribution in [3.8, 4) is 0 Å². The molecule has 120 valence electrons. The molecule has 1 aliphatic carbocycles. The number of rotatable bonds is 4. The third-order valence-corrected chi connectivity index (χ3v) is 5.84. The molecular weight excluding hydrogens is 266 g/mol. The Bertz CT molecular complexity index is 405. The van der Waals surface area contributed by atoms with Crippen molar-refractivity contribution in [3.05, 3.63) is 0 Å². The van der Waals surface area contributed by atoms with Crippen LogP contribution in [-0.4, -0.2) is 34.5 Å². The van der Waals surface area contributed by atoms with Crippen LogP contribution in [0.25, 0.3) is 0 Å². The lowest BCUT2D eigenvalue weighted by atomic mass is 9.74. The van der Waals surface area contributed by atoms with Gasteiger partial charge in [0.25, 0.3) is 0 Å². The van der Waals surface area contributed by atoms with Crippen LogP contribution >= 0.6 is 0 Å². The van der Waals surface area contributed by atoms with Crippen molar-refractivity contribution >= 4 is 11.9 Å². The van der Waals surface area contributed by atoms with E-state index in [4.69, 9.17) is 0 Å². The van der Waals surface area contributed by atoms with Crippen LogP contribution in [0.1, 0.15) is 65.7 Å². The Balaban J connectivity index is 2.09. The van der Waals surface area contributed by atoms with Crippen molar-refractivity contribution in [1.82, 2.24) is 4.90 Å². The molecule has 3 atom stereocenters. The number of carboxylic acids is 1. The molecule has 3 unspecified atom stereocenters. The van der Waals surface area contributed by atoms with E-state index in [1.807, 2.05) is 18.7 Å². The topological polar surface area (TPSA) is 57.6 Å². The van der Waals surface area contributed by atoms with Crippen molar-refractivity contribution in [1.29, 1.82) is 0 Å². The first-order chi connectivity index (χ1) is 9.86. The van der Waals surface area contributed by atoms with Gasteiger partial charge in [-0.05, 0) is 44.4 Å². The Hall–Kier alpha value is -1.06. The normalized spacial score (nSPS) is 28.9. The van der Waals surface area contributed by atoms with E-state index in [0.717, 1.165) is 19.4 Å². The number of carboxylic acid groups (broad SMARTS) is 1.